The van der Waals surface area contributed by atoms with Crippen LogP contribution in [0.5, 0.6) is 0 Å². The van der Waals surface area contributed by atoms with Crippen LogP contribution in [0.4, 0.5) is 0 Å². The zero-order valence-electron chi connectivity index (χ0n) is 12.3. The Bertz CT molecular complexity index is 378. The zero-order chi connectivity index (χ0) is 14.7. The van der Waals surface area contributed by atoms with E-state index in [2.05, 4.69) is 21.2 Å². The van der Waals surface area contributed by atoms with Crippen molar-refractivity contribution in [2.75, 3.05) is 0 Å². The Morgan fingerprint density at radius 1 is 1.47 bits per heavy atom. The fraction of sp³-hybridized carbons (Fsp3) is 0.571. The van der Waals surface area contributed by atoms with E-state index in [-0.39, 0.29) is 5.60 Å². The molecule has 0 spiro atoms. The fourth-order valence-corrected chi connectivity index (χ4v) is 1.23. The smallest absolute Gasteiger partial charge is 0.293 e. The first kappa shape index (κ1) is 17.2. The molecule has 108 valence electrons. The minimum absolute atomic E-state index is 0.318. The Kier molecular flexibility index (Phi) is 8.33. The van der Waals surface area contributed by atoms with Gasteiger partial charge in [-0.25, -0.2) is 4.98 Å². The lowest BCUT2D eigenvalue weighted by Gasteiger charge is -2.14. The molecule has 0 aromatic carbocycles. The summed E-state index contributed by atoms with van der Waals surface area (Å²) in [6, 6.07) is 0. The van der Waals surface area contributed by atoms with Crippen LogP contribution in [0.15, 0.2) is 18.7 Å². The number of ether oxygens (including phenoxy) is 1. The molecule has 0 saturated heterocycles. The molecular formula is C14H25N3O2. The third-order valence-electron chi connectivity index (χ3n) is 2.17. The van der Waals surface area contributed by atoms with Crippen molar-refractivity contribution in [1.82, 2.24) is 9.55 Å². The number of rotatable bonds is 5. The van der Waals surface area contributed by atoms with Gasteiger partial charge in [0.05, 0.1) is 18.2 Å². The molecule has 1 rings (SSSR count). The maximum absolute atomic E-state index is 9.60. The third-order valence-corrected chi connectivity index (χ3v) is 2.17. The first-order valence-corrected chi connectivity index (χ1v) is 6.44. The summed E-state index contributed by atoms with van der Waals surface area (Å²) in [6.07, 6.45) is 9.44. The standard InChI is InChI=1S/C9H15N3.C5H10O2/c1-2-3-6-12-8-11-7-9(12)4-5-10;1-5(2,3)7-4-6/h4-5,7-8H,2-3,6,10H2,1H3;4H,1-3H3. The first-order chi connectivity index (χ1) is 8.94. The second-order valence-electron chi connectivity index (χ2n) is 5.05. The number of imidazole rings is 1. The number of aryl methyl sites for hydroxylation is 1. The van der Waals surface area contributed by atoms with Crippen molar-refractivity contribution >= 4 is 12.5 Å². The predicted octanol–water partition coefficient (Wildman–Crippen LogP) is 2.57. The highest BCUT2D eigenvalue weighted by atomic mass is 16.5. The molecule has 0 aliphatic heterocycles. The number of carbonyl (C=O) groups excluding carboxylic acids is 1. The number of hydrogen-bond acceptors (Lipinski definition) is 4. The maximum atomic E-state index is 9.60. The Morgan fingerprint density at radius 3 is 2.58 bits per heavy atom. The van der Waals surface area contributed by atoms with Gasteiger partial charge in [-0.2, -0.15) is 0 Å². The van der Waals surface area contributed by atoms with Gasteiger partial charge < -0.3 is 15.0 Å². The van der Waals surface area contributed by atoms with Crippen molar-refractivity contribution in [2.24, 2.45) is 5.73 Å². The van der Waals surface area contributed by atoms with E-state index in [0.717, 1.165) is 12.2 Å². The molecule has 1 aromatic rings. The Labute approximate surface area is 115 Å². The number of unbranched alkanes of at least 4 members (excludes halogenated alkanes) is 1. The molecule has 0 saturated carbocycles. The highest BCUT2D eigenvalue weighted by molar-refractivity contribution is 5.42. The second kappa shape index (κ2) is 9.19. The molecular weight excluding hydrogens is 242 g/mol. The summed E-state index contributed by atoms with van der Waals surface area (Å²) in [7, 11) is 0. The van der Waals surface area contributed by atoms with Crippen LogP contribution in [-0.2, 0) is 16.1 Å². The SMILES string of the molecule is CC(C)(C)OC=O.CCCCn1cncc1C=CN. The van der Waals surface area contributed by atoms with Crippen molar-refractivity contribution in [3.63, 3.8) is 0 Å². The average molecular weight is 267 g/mol. The lowest BCUT2D eigenvalue weighted by Crippen LogP contribution is -2.17. The van der Waals surface area contributed by atoms with Gasteiger partial charge in [0.25, 0.3) is 6.47 Å². The summed E-state index contributed by atoms with van der Waals surface area (Å²) < 4.78 is 6.65. The van der Waals surface area contributed by atoms with Gasteiger partial charge in [-0.3, -0.25) is 4.79 Å². The number of hydrogen-bond donors (Lipinski definition) is 1. The molecule has 0 fully saturated rings. The zero-order valence-corrected chi connectivity index (χ0v) is 12.3. The van der Waals surface area contributed by atoms with E-state index in [0.29, 0.717) is 6.47 Å². The number of aromatic nitrogens is 2. The Balaban J connectivity index is 0.000000399. The summed E-state index contributed by atoms with van der Waals surface area (Å²) in [6.45, 7) is 9.12. The van der Waals surface area contributed by atoms with E-state index in [1.165, 1.54) is 12.8 Å². The molecule has 0 unspecified atom stereocenters. The van der Waals surface area contributed by atoms with Gasteiger partial charge in [0, 0.05) is 6.54 Å². The second-order valence-corrected chi connectivity index (χ2v) is 5.05. The number of nitrogens with two attached hydrogens (primary N) is 1. The molecule has 5 nitrogen and oxygen atoms in total. The lowest BCUT2D eigenvalue weighted by atomic mass is 10.2. The summed E-state index contributed by atoms with van der Waals surface area (Å²) >= 11 is 0. The quantitative estimate of drug-likeness (QED) is 0.832. The first-order valence-electron chi connectivity index (χ1n) is 6.44. The molecule has 0 amide bonds. The van der Waals surface area contributed by atoms with Gasteiger partial charge in [-0.1, -0.05) is 13.3 Å². The minimum Gasteiger partial charge on any atom is -0.462 e. The molecule has 1 heterocycles. The maximum Gasteiger partial charge on any atom is 0.293 e. The van der Waals surface area contributed by atoms with Gasteiger partial charge >= 0.3 is 0 Å². The average Bonchev–Trinajstić information content (AvgIpc) is 2.74. The van der Waals surface area contributed by atoms with Crippen molar-refractivity contribution in [1.29, 1.82) is 0 Å². The molecule has 0 atom stereocenters. The fourth-order valence-electron chi connectivity index (χ4n) is 1.23. The molecule has 19 heavy (non-hydrogen) atoms. The van der Waals surface area contributed by atoms with Crippen molar-refractivity contribution < 1.29 is 9.53 Å². The molecule has 1 aromatic heterocycles. The monoisotopic (exact) mass is 267 g/mol. The molecule has 0 bridgehead atoms. The molecule has 0 radical (unpaired) electrons. The van der Waals surface area contributed by atoms with Gasteiger partial charge in [0.15, 0.2) is 0 Å². The summed E-state index contributed by atoms with van der Waals surface area (Å²) in [5.74, 6) is 0. The van der Waals surface area contributed by atoms with E-state index in [1.54, 1.807) is 6.20 Å². The topological polar surface area (TPSA) is 70.1 Å². The van der Waals surface area contributed by atoms with E-state index in [1.807, 2.05) is 39.4 Å². The van der Waals surface area contributed by atoms with E-state index in [9.17, 15) is 4.79 Å². The highest BCUT2D eigenvalue weighted by Crippen LogP contribution is 2.03. The minimum atomic E-state index is -0.318. The summed E-state index contributed by atoms with van der Waals surface area (Å²) in [5, 5.41) is 0. The Hall–Kier alpha value is -1.78. The van der Waals surface area contributed by atoms with Crippen LogP contribution in [0.25, 0.3) is 6.08 Å². The van der Waals surface area contributed by atoms with Gasteiger partial charge in [0.2, 0.25) is 0 Å². The van der Waals surface area contributed by atoms with Crippen LogP contribution in [0.1, 0.15) is 46.2 Å². The number of nitrogens with zero attached hydrogens (tertiary/aromatic N) is 2. The predicted molar refractivity (Wildman–Crippen MR) is 77.3 cm³/mol. The van der Waals surface area contributed by atoms with Gasteiger partial charge in [-0.05, 0) is 39.5 Å². The molecule has 0 aliphatic carbocycles. The van der Waals surface area contributed by atoms with Gasteiger partial charge in [-0.15, -0.1) is 0 Å². The Morgan fingerprint density at radius 2 is 2.16 bits per heavy atom. The van der Waals surface area contributed by atoms with E-state index >= 15 is 0 Å². The van der Waals surface area contributed by atoms with Crippen LogP contribution in [-0.4, -0.2) is 21.6 Å². The highest BCUT2D eigenvalue weighted by Gasteiger charge is 2.07. The van der Waals surface area contributed by atoms with Crippen molar-refractivity contribution in [2.45, 2.75) is 52.7 Å². The van der Waals surface area contributed by atoms with Crippen LogP contribution >= 0.6 is 0 Å². The van der Waals surface area contributed by atoms with Crippen molar-refractivity contribution in [3.05, 3.63) is 24.4 Å². The normalized spacial score (nSPS) is 10.9. The van der Waals surface area contributed by atoms with Gasteiger partial charge in [0.1, 0.15) is 5.60 Å². The largest absolute Gasteiger partial charge is 0.462 e. The van der Waals surface area contributed by atoms with E-state index < -0.39 is 0 Å². The number of carbonyl (C=O) groups is 1. The van der Waals surface area contributed by atoms with E-state index in [4.69, 9.17) is 5.73 Å². The van der Waals surface area contributed by atoms with Crippen LogP contribution in [0.2, 0.25) is 0 Å². The van der Waals surface area contributed by atoms with Crippen LogP contribution in [0.3, 0.4) is 0 Å². The van der Waals surface area contributed by atoms with Crippen LogP contribution < -0.4 is 5.73 Å². The lowest BCUT2D eigenvalue weighted by molar-refractivity contribution is -0.138. The third kappa shape index (κ3) is 8.88. The summed E-state index contributed by atoms with van der Waals surface area (Å²) in [5.41, 5.74) is 6.05. The summed E-state index contributed by atoms with van der Waals surface area (Å²) in [4.78, 5) is 13.6. The molecule has 5 heteroatoms. The molecule has 0 aliphatic rings. The van der Waals surface area contributed by atoms with Crippen molar-refractivity contribution in [3.8, 4) is 0 Å². The molecule has 2 N–H and O–H groups in total. The van der Waals surface area contributed by atoms with Crippen LogP contribution in [0, 0.1) is 0 Å².